The molecule has 11 heteroatoms. The Bertz CT molecular complexity index is 1290. The predicted molar refractivity (Wildman–Crippen MR) is 150 cm³/mol. The van der Waals surface area contributed by atoms with E-state index in [0.29, 0.717) is 39.2 Å². The first kappa shape index (κ1) is 27.7. The van der Waals surface area contributed by atoms with E-state index in [0.717, 1.165) is 36.2 Å². The smallest absolute Gasteiger partial charge is 0.246 e. The number of imidazole rings is 1. The number of rotatable bonds is 8. The minimum Gasteiger partial charge on any atom is -0.485 e. The van der Waals surface area contributed by atoms with Gasteiger partial charge in [0.05, 0.1) is 29.5 Å². The molecule has 3 aromatic rings. The second-order valence-corrected chi connectivity index (χ2v) is 10.7. The highest BCUT2D eigenvalue weighted by atomic mass is 79.9. The molecule has 3 heterocycles. The van der Waals surface area contributed by atoms with Crippen molar-refractivity contribution in [2.45, 2.75) is 39.2 Å². The van der Waals surface area contributed by atoms with E-state index in [9.17, 15) is 9.59 Å². The van der Waals surface area contributed by atoms with E-state index in [1.165, 1.54) is 17.7 Å². The van der Waals surface area contributed by atoms with E-state index in [1.54, 1.807) is 19.2 Å². The molecule has 37 heavy (non-hydrogen) atoms. The van der Waals surface area contributed by atoms with Crippen molar-refractivity contribution in [1.29, 1.82) is 0 Å². The zero-order valence-electron chi connectivity index (χ0n) is 20.9. The highest BCUT2D eigenvalue weighted by Crippen LogP contribution is 2.35. The van der Waals surface area contributed by atoms with Crippen LogP contribution in [0.2, 0.25) is 10.0 Å². The zero-order valence-corrected chi connectivity index (χ0v) is 24.0. The molecular formula is C26H30BrCl2N5O3. The summed E-state index contributed by atoms with van der Waals surface area (Å²) in [5.74, 6) is 0.128. The van der Waals surface area contributed by atoms with E-state index in [4.69, 9.17) is 27.9 Å². The van der Waals surface area contributed by atoms with Crippen molar-refractivity contribution >= 4 is 62.3 Å². The van der Waals surface area contributed by atoms with E-state index >= 15 is 0 Å². The number of pyridine rings is 1. The van der Waals surface area contributed by atoms with Crippen LogP contribution in [0.3, 0.4) is 0 Å². The molecule has 2 amide bonds. The fourth-order valence-corrected chi connectivity index (χ4v) is 5.33. The van der Waals surface area contributed by atoms with Crippen LogP contribution in [0.25, 0.3) is 5.65 Å². The highest BCUT2D eigenvalue weighted by Gasteiger charge is 2.20. The number of anilines is 1. The van der Waals surface area contributed by atoms with Gasteiger partial charge in [-0.05, 0) is 73.1 Å². The molecule has 0 unspecified atom stereocenters. The number of carbonyl (C=O) groups is 2. The summed E-state index contributed by atoms with van der Waals surface area (Å²) in [7, 11) is 1.62. The van der Waals surface area contributed by atoms with Crippen molar-refractivity contribution in [3.63, 3.8) is 0 Å². The number of ether oxygens (including phenoxy) is 1. The van der Waals surface area contributed by atoms with Crippen molar-refractivity contribution in [2.75, 3.05) is 38.1 Å². The number of likely N-dealkylation sites (tertiary alicyclic amines) is 1. The molecule has 0 saturated carbocycles. The topological polar surface area (TPSA) is 79.2 Å². The molecule has 198 valence electrons. The van der Waals surface area contributed by atoms with Crippen LogP contribution < -0.4 is 15.0 Å². The Morgan fingerprint density at radius 2 is 1.89 bits per heavy atom. The first-order valence-corrected chi connectivity index (χ1v) is 13.8. The Kier molecular flexibility index (Phi) is 9.34. The number of benzene rings is 1. The largest absolute Gasteiger partial charge is 0.485 e. The number of aryl methyl sites for hydroxylation is 1. The lowest BCUT2D eigenvalue weighted by molar-refractivity contribution is -0.125. The minimum absolute atomic E-state index is 0.0866. The van der Waals surface area contributed by atoms with Gasteiger partial charge in [0.15, 0.2) is 11.4 Å². The lowest BCUT2D eigenvalue weighted by atomic mass is 10.2. The average molecular weight is 611 g/mol. The Hall–Kier alpha value is -2.33. The molecule has 1 fully saturated rings. The van der Waals surface area contributed by atoms with Crippen LogP contribution in [-0.4, -0.2) is 59.3 Å². The second-order valence-electron chi connectivity index (χ2n) is 9.12. The van der Waals surface area contributed by atoms with Crippen LogP contribution in [0.5, 0.6) is 5.75 Å². The number of carbonyl (C=O) groups excluding carboxylic acids is 2. The third-order valence-corrected chi connectivity index (χ3v) is 8.22. The predicted octanol–water partition coefficient (Wildman–Crippen LogP) is 5.25. The van der Waals surface area contributed by atoms with Crippen molar-refractivity contribution in [3.8, 4) is 5.75 Å². The quantitative estimate of drug-likeness (QED) is 0.377. The molecule has 0 bridgehead atoms. The summed E-state index contributed by atoms with van der Waals surface area (Å²) in [4.78, 5) is 33.4. The molecule has 1 aliphatic rings. The summed E-state index contributed by atoms with van der Waals surface area (Å²) >= 11 is 16.7. The molecule has 1 aromatic carbocycles. The molecule has 1 N–H and O–H groups in total. The lowest BCUT2D eigenvalue weighted by Gasteiger charge is -2.22. The van der Waals surface area contributed by atoms with Gasteiger partial charge < -0.3 is 15.0 Å². The number of aromatic nitrogens is 2. The molecule has 4 rings (SSSR count). The maximum absolute atomic E-state index is 12.9. The van der Waals surface area contributed by atoms with E-state index < -0.39 is 0 Å². The summed E-state index contributed by atoms with van der Waals surface area (Å²) in [5, 5.41) is 3.47. The van der Waals surface area contributed by atoms with Gasteiger partial charge in [0.25, 0.3) is 0 Å². The van der Waals surface area contributed by atoms with E-state index in [1.807, 2.05) is 29.7 Å². The van der Waals surface area contributed by atoms with Gasteiger partial charge in [0, 0.05) is 23.8 Å². The van der Waals surface area contributed by atoms with Crippen LogP contribution >= 0.6 is 39.1 Å². The number of nitrogens with zero attached hydrogens (tertiary/aromatic N) is 4. The molecule has 0 aliphatic carbocycles. The summed E-state index contributed by atoms with van der Waals surface area (Å²) < 4.78 is 8.79. The van der Waals surface area contributed by atoms with Gasteiger partial charge in [-0.25, -0.2) is 4.98 Å². The number of fused-ring (bicyclic) bond motifs is 1. The van der Waals surface area contributed by atoms with Gasteiger partial charge in [-0.1, -0.05) is 36.0 Å². The molecule has 1 saturated heterocycles. The molecule has 8 nitrogen and oxygen atoms in total. The minimum atomic E-state index is -0.289. The van der Waals surface area contributed by atoms with Gasteiger partial charge in [0.1, 0.15) is 11.2 Å². The van der Waals surface area contributed by atoms with Gasteiger partial charge in [0.2, 0.25) is 11.8 Å². The third-order valence-electron chi connectivity index (χ3n) is 6.49. The molecule has 0 radical (unpaired) electrons. The number of hydrogen-bond donors (Lipinski definition) is 1. The molecule has 0 atom stereocenters. The Morgan fingerprint density at radius 3 is 2.62 bits per heavy atom. The molecule has 0 spiro atoms. The number of halogens is 3. The standard InChI is InChI=1S/C26H30BrCl2N5O3/c1-17-25(27)34-13-7-8-21(26(34)31-17)37-16-18-19(28)9-10-20(24(18)29)32(2)23(36)14-30-22(35)15-33-11-5-3-4-6-12-33/h7-10,13H,3-6,11-12,14-16H2,1-2H3,(H,30,35). The number of hydrogen-bond acceptors (Lipinski definition) is 5. The number of likely N-dealkylation sites (N-methyl/N-ethyl adjacent to an activating group) is 1. The van der Waals surface area contributed by atoms with Crippen LogP contribution in [0.15, 0.2) is 35.1 Å². The second kappa shape index (κ2) is 12.5. The van der Waals surface area contributed by atoms with Gasteiger partial charge >= 0.3 is 0 Å². The van der Waals surface area contributed by atoms with E-state index in [-0.39, 0.29) is 25.0 Å². The monoisotopic (exact) mass is 609 g/mol. The lowest BCUT2D eigenvalue weighted by Crippen LogP contribution is -2.43. The summed E-state index contributed by atoms with van der Waals surface area (Å²) in [6, 6.07) is 7.05. The molecule has 2 aromatic heterocycles. The maximum Gasteiger partial charge on any atom is 0.246 e. The van der Waals surface area contributed by atoms with Crippen molar-refractivity contribution < 1.29 is 14.3 Å². The van der Waals surface area contributed by atoms with Gasteiger partial charge in [-0.2, -0.15) is 0 Å². The van der Waals surface area contributed by atoms with E-state index in [2.05, 4.69) is 31.1 Å². The first-order valence-electron chi connectivity index (χ1n) is 12.2. The highest BCUT2D eigenvalue weighted by molar-refractivity contribution is 9.10. The van der Waals surface area contributed by atoms with Crippen molar-refractivity contribution in [2.24, 2.45) is 0 Å². The number of amides is 2. The van der Waals surface area contributed by atoms with Crippen LogP contribution in [0.4, 0.5) is 5.69 Å². The summed E-state index contributed by atoms with van der Waals surface area (Å²) in [5.41, 5.74) is 2.54. The Labute approximate surface area is 235 Å². The van der Waals surface area contributed by atoms with Gasteiger partial charge in [-0.15, -0.1) is 0 Å². The van der Waals surface area contributed by atoms with Crippen LogP contribution in [0, 0.1) is 6.92 Å². The normalized spacial score (nSPS) is 14.4. The fourth-order valence-electron chi connectivity index (χ4n) is 4.35. The van der Waals surface area contributed by atoms with Crippen LogP contribution in [0.1, 0.15) is 36.9 Å². The Morgan fingerprint density at radius 1 is 1.16 bits per heavy atom. The fraction of sp³-hybridized carbons (Fsp3) is 0.423. The summed E-state index contributed by atoms with van der Waals surface area (Å²) in [6.45, 7) is 4.01. The average Bonchev–Trinajstić information content (AvgIpc) is 3.03. The van der Waals surface area contributed by atoms with Crippen LogP contribution in [-0.2, 0) is 16.2 Å². The Balaban J connectivity index is 1.40. The third kappa shape index (κ3) is 6.57. The number of nitrogens with one attached hydrogen (secondary N) is 1. The summed E-state index contributed by atoms with van der Waals surface area (Å²) in [6.07, 6.45) is 6.49. The first-order chi connectivity index (χ1) is 17.8. The molecular weight excluding hydrogens is 581 g/mol. The van der Waals surface area contributed by atoms with Crippen molar-refractivity contribution in [1.82, 2.24) is 19.6 Å². The zero-order chi connectivity index (χ0) is 26.5. The molecule has 1 aliphatic heterocycles. The van der Waals surface area contributed by atoms with Gasteiger partial charge in [-0.3, -0.25) is 18.9 Å². The maximum atomic E-state index is 12.9. The van der Waals surface area contributed by atoms with Crippen molar-refractivity contribution in [3.05, 3.63) is 56.4 Å². The SMILES string of the molecule is Cc1nc2c(OCc3c(Cl)ccc(N(C)C(=O)CNC(=O)CN4CCCCCC4)c3Cl)cccn2c1Br.